The minimum absolute atomic E-state index is 0.215. The smallest absolute Gasteiger partial charge is 0.157 e. The molecule has 0 saturated carbocycles. The van der Waals surface area contributed by atoms with Gasteiger partial charge in [-0.2, -0.15) is 0 Å². The molecule has 0 aromatic heterocycles. The number of allylic oxidation sites excluding steroid dienone is 2. The molecule has 1 rings (SSSR count). The fourth-order valence-electron chi connectivity index (χ4n) is 0.945. The highest BCUT2D eigenvalue weighted by molar-refractivity contribution is 9.11. The molecule has 0 spiro atoms. The lowest BCUT2D eigenvalue weighted by molar-refractivity contribution is -0.114. The molecule has 0 bridgehead atoms. The number of hydrogen-bond donors (Lipinski definition) is 1. The molecule has 1 aliphatic rings. The first-order chi connectivity index (χ1) is 5.18. The van der Waals surface area contributed by atoms with Gasteiger partial charge in [-0.05, 0) is 6.42 Å². The fourth-order valence-corrected chi connectivity index (χ4v) is 1.09. The maximum Gasteiger partial charge on any atom is 0.157 e. The highest BCUT2D eigenvalue weighted by Crippen LogP contribution is 2.12. The number of carbonyl (C=O) groups is 1. The zero-order valence-corrected chi connectivity index (χ0v) is 7.78. The number of halogens is 1. The van der Waals surface area contributed by atoms with Gasteiger partial charge in [0, 0.05) is 29.2 Å². The lowest BCUT2D eigenvalue weighted by Crippen LogP contribution is -2.12. The van der Waals surface area contributed by atoms with Crippen LogP contribution in [0.4, 0.5) is 0 Å². The predicted molar refractivity (Wildman–Crippen MR) is 48.4 cm³/mol. The van der Waals surface area contributed by atoms with Crippen LogP contribution >= 0.6 is 15.9 Å². The number of hydrogen-bond acceptors (Lipinski definition) is 2. The van der Waals surface area contributed by atoms with Crippen LogP contribution in [0.25, 0.3) is 0 Å². The Labute approximate surface area is 74.5 Å². The highest BCUT2D eigenvalue weighted by Gasteiger charge is 2.10. The Kier molecular flexibility index (Phi) is 2.88. The maximum absolute atomic E-state index is 10.7. The summed E-state index contributed by atoms with van der Waals surface area (Å²) in [5.74, 6) is 0.215. The van der Waals surface area contributed by atoms with Crippen LogP contribution in [0, 0.1) is 0 Å². The van der Waals surface area contributed by atoms with Gasteiger partial charge in [-0.3, -0.25) is 4.79 Å². The van der Waals surface area contributed by atoms with Gasteiger partial charge in [-0.1, -0.05) is 22.5 Å². The van der Waals surface area contributed by atoms with Gasteiger partial charge in [-0.15, -0.1) is 0 Å². The Morgan fingerprint density at radius 2 is 2.45 bits per heavy atom. The largest absolute Gasteiger partial charge is 0.384 e. The lowest BCUT2D eigenvalue weighted by atomic mass is 10.3. The van der Waals surface area contributed by atoms with Gasteiger partial charge in [-0.25, -0.2) is 0 Å². The molecule has 0 amide bonds. The lowest BCUT2D eigenvalue weighted by Gasteiger charge is -2.03. The normalized spacial score (nSPS) is 16.5. The molecule has 0 heterocycles. The van der Waals surface area contributed by atoms with Gasteiger partial charge in [0.05, 0.1) is 0 Å². The Balaban J connectivity index is 2.33. The van der Waals surface area contributed by atoms with Crippen LogP contribution in [0.5, 0.6) is 0 Å². The van der Waals surface area contributed by atoms with E-state index in [0.717, 1.165) is 16.6 Å². The topological polar surface area (TPSA) is 29.1 Å². The van der Waals surface area contributed by atoms with E-state index in [1.807, 2.05) is 0 Å². The van der Waals surface area contributed by atoms with Crippen LogP contribution in [0.2, 0.25) is 0 Å². The van der Waals surface area contributed by atoms with E-state index < -0.39 is 0 Å². The van der Waals surface area contributed by atoms with E-state index in [1.165, 1.54) is 0 Å². The van der Waals surface area contributed by atoms with Crippen LogP contribution in [-0.4, -0.2) is 12.3 Å². The highest BCUT2D eigenvalue weighted by atomic mass is 79.9. The second kappa shape index (κ2) is 3.72. The number of rotatable bonds is 3. The third-order valence-electron chi connectivity index (χ3n) is 1.48. The fraction of sp³-hybridized carbons (Fsp3) is 0.375. The van der Waals surface area contributed by atoms with Crippen molar-refractivity contribution in [2.24, 2.45) is 0 Å². The second-order valence-corrected chi connectivity index (χ2v) is 3.63. The zero-order valence-electron chi connectivity index (χ0n) is 6.19. The molecule has 0 aromatic rings. The van der Waals surface area contributed by atoms with E-state index in [2.05, 4.69) is 27.8 Å². The summed E-state index contributed by atoms with van der Waals surface area (Å²) < 4.78 is 0.901. The number of ketones is 1. The van der Waals surface area contributed by atoms with Gasteiger partial charge in [0.2, 0.25) is 0 Å². The zero-order chi connectivity index (χ0) is 8.27. The molecule has 11 heavy (non-hydrogen) atoms. The maximum atomic E-state index is 10.7. The van der Waals surface area contributed by atoms with Crippen LogP contribution in [0.3, 0.4) is 0 Å². The van der Waals surface area contributed by atoms with Gasteiger partial charge < -0.3 is 5.32 Å². The van der Waals surface area contributed by atoms with Crippen molar-refractivity contribution in [3.05, 3.63) is 22.8 Å². The molecular formula is C8H10BrNO. The van der Waals surface area contributed by atoms with Gasteiger partial charge in [0.25, 0.3) is 0 Å². The minimum Gasteiger partial charge on any atom is -0.384 e. The first-order valence-corrected chi connectivity index (χ1v) is 4.28. The molecule has 0 saturated heterocycles. The standard InChI is InChI=1S/C8H10BrNO/c1-6(9)5-10-7-2-3-8(11)4-7/h4,10H,1-3,5H2. The van der Waals surface area contributed by atoms with Crippen molar-refractivity contribution in [1.29, 1.82) is 0 Å². The Hall–Kier alpha value is -0.570. The summed E-state index contributed by atoms with van der Waals surface area (Å²) in [5, 5.41) is 3.11. The van der Waals surface area contributed by atoms with E-state index in [-0.39, 0.29) is 5.78 Å². The van der Waals surface area contributed by atoms with Crippen molar-refractivity contribution in [2.45, 2.75) is 12.8 Å². The van der Waals surface area contributed by atoms with Crippen molar-refractivity contribution >= 4 is 21.7 Å². The predicted octanol–water partition coefficient (Wildman–Crippen LogP) is 1.73. The van der Waals surface area contributed by atoms with E-state index in [9.17, 15) is 4.79 Å². The summed E-state index contributed by atoms with van der Waals surface area (Å²) in [6.07, 6.45) is 3.16. The number of carbonyl (C=O) groups excluding carboxylic acids is 1. The number of nitrogens with one attached hydrogen (secondary N) is 1. The summed E-state index contributed by atoms with van der Waals surface area (Å²) >= 11 is 3.23. The third kappa shape index (κ3) is 2.89. The van der Waals surface area contributed by atoms with E-state index in [1.54, 1.807) is 6.08 Å². The van der Waals surface area contributed by atoms with Crippen LogP contribution < -0.4 is 5.32 Å². The molecule has 1 N–H and O–H groups in total. The molecule has 3 heteroatoms. The van der Waals surface area contributed by atoms with Gasteiger partial charge in [0.1, 0.15) is 0 Å². The third-order valence-corrected chi connectivity index (χ3v) is 1.76. The van der Waals surface area contributed by atoms with Gasteiger partial charge in [0.15, 0.2) is 5.78 Å². The average Bonchev–Trinajstić information content (AvgIpc) is 2.31. The van der Waals surface area contributed by atoms with Crippen molar-refractivity contribution in [1.82, 2.24) is 5.32 Å². The van der Waals surface area contributed by atoms with E-state index in [0.29, 0.717) is 13.0 Å². The summed E-state index contributed by atoms with van der Waals surface area (Å²) in [4.78, 5) is 10.7. The summed E-state index contributed by atoms with van der Waals surface area (Å²) in [5.41, 5.74) is 1.02. The molecule has 60 valence electrons. The second-order valence-electron chi connectivity index (χ2n) is 2.51. The van der Waals surface area contributed by atoms with Crippen LogP contribution in [0.15, 0.2) is 22.8 Å². The molecule has 0 atom stereocenters. The first kappa shape index (κ1) is 8.53. The van der Waals surface area contributed by atoms with Crippen LogP contribution in [-0.2, 0) is 4.79 Å². The quantitative estimate of drug-likeness (QED) is 0.778. The van der Waals surface area contributed by atoms with Crippen molar-refractivity contribution in [2.75, 3.05) is 6.54 Å². The SMILES string of the molecule is C=C(Br)CNC1=CC(=O)CC1. The monoisotopic (exact) mass is 215 g/mol. The minimum atomic E-state index is 0.215. The van der Waals surface area contributed by atoms with Gasteiger partial charge >= 0.3 is 0 Å². The summed E-state index contributed by atoms with van der Waals surface area (Å²) in [6, 6.07) is 0. The summed E-state index contributed by atoms with van der Waals surface area (Å²) in [7, 11) is 0. The van der Waals surface area contributed by atoms with Crippen molar-refractivity contribution in [3.63, 3.8) is 0 Å². The molecule has 0 fully saturated rings. The average molecular weight is 216 g/mol. The molecule has 0 aromatic carbocycles. The van der Waals surface area contributed by atoms with Crippen LogP contribution in [0.1, 0.15) is 12.8 Å². The molecule has 0 aliphatic heterocycles. The Morgan fingerprint density at radius 1 is 1.73 bits per heavy atom. The first-order valence-electron chi connectivity index (χ1n) is 3.49. The molecule has 2 nitrogen and oxygen atoms in total. The van der Waals surface area contributed by atoms with E-state index in [4.69, 9.17) is 0 Å². The van der Waals surface area contributed by atoms with Crippen molar-refractivity contribution < 1.29 is 4.79 Å². The van der Waals surface area contributed by atoms with E-state index >= 15 is 0 Å². The molecule has 1 aliphatic carbocycles. The van der Waals surface area contributed by atoms with Crippen molar-refractivity contribution in [3.8, 4) is 0 Å². The molecule has 0 unspecified atom stereocenters. The Bertz CT molecular complexity index is 220. The molecular weight excluding hydrogens is 206 g/mol. The summed E-state index contributed by atoms with van der Waals surface area (Å²) in [6.45, 7) is 4.37. The Morgan fingerprint density at radius 3 is 2.91 bits per heavy atom. The molecule has 0 radical (unpaired) electrons.